The van der Waals surface area contributed by atoms with Crippen molar-refractivity contribution in [2.24, 2.45) is 0 Å². The van der Waals surface area contributed by atoms with Crippen molar-refractivity contribution in [3.63, 3.8) is 0 Å². The van der Waals surface area contributed by atoms with Crippen molar-refractivity contribution >= 4 is 17.9 Å². The number of carboxylic acid groups (broad SMARTS) is 3. The standard InChI is InChI=1S/C42H46O10/c1-2-3-4-5-6-7-11-52-42-28-9-8-10-29(42)22-31-13-26(19-37(45)46)15-33(40(31)50)24-35-17-27(20-38(47)48)16-34(41(35)51)23-32-14-25(18-36(43)44)12-30(21-28)39(32)49/h8-10,12-17,49-51H,2-7,11,18-24H2,1H3,(H,43,44)(H,45,46)(H,47,48). The number of ether oxygens (including phenoxy) is 1. The van der Waals surface area contributed by atoms with Gasteiger partial charge in [0.05, 0.1) is 25.9 Å². The molecule has 0 saturated carbocycles. The maximum absolute atomic E-state index is 11.8. The molecule has 1 aliphatic carbocycles. The zero-order valence-electron chi connectivity index (χ0n) is 29.4. The molecule has 0 unspecified atom stereocenters. The highest BCUT2D eigenvalue weighted by Gasteiger charge is 2.22. The number of aliphatic carboxylic acids is 3. The molecule has 0 fully saturated rings. The SMILES string of the molecule is CCCCCCCCOc1c2cccc1Cc1cc(CC(=O)O)cc(c1O)Cc1cc(CC(=O)O)cc(c1O)Cc1cc(CC(=O)O)cc(c1O)C2. The predicted octanol–water partition coefficient (Wildman–Crippen LogP) is 7.10. The Morgan fingerprint density at radius 2 is 0.846 bits per heavy atom. The number of phenols is 3. The molecule has 0 heterocycles. The molecule has 4 aromatic rings. The van der Waals surface area contributed by atoms with E-state index >= 15 is 0 Å². The number of unbranched alkanes of at least 4 members (excludes halogenated alkanes) is 5. The first-order valence-corrected chi connectivity index (χ1v) is 17.8. The van der Waals surface area contributed by atoms with Crippen molar-refractivity contribution in [1.29, 1.82) is 0 Å². The molecule has 0 radical (unpaired) electrons. The van der Waals surface area contributed by atoms with Gasteiger partial charge < -0.3 is 35.4 Å². The van der Waals surface area contributed by atoms with E-state index in [2.05, 4.69) is 6.92 Å². The average Bonchev–Trinajstić information content (AvgIpc) is 3.06. The van der Waals surface area contributed by atoms with E-state index in [1.165, 1.54) is 6.42 Å². The van der Waals surface area contributed by atoms with Gasteiger partial charge in [-0.15, -0.1) is 0 Å². The number of carboxylic acids is 3. The summed E-state index contributed by atoms with van der Waals surface area (Å²) in [6.07, 6.45) is 5.72. The van der Waals surface area contributed by atoms with Gasteiger partial charge in [-0.1, -0.05) is 93.6 Å². The number of hydrogen-bond acceptors (Lipinski definition) is 7. The van der Waals surface area contributed by atoms with E-state index in [-0.39, 0.29) is 62.2 Å². The van der Waals surface area contributed by atoms with Crippen molar-refractivity contribution in [2.45, 2.75) is 90.4 Å². The topological polar surface area (TPSA) is 182 Å². The Kier molecular flexibility index (Phi) is 12.4. The number of aromatic hydroxyl groups is 3. The molecule has 6 N–H and O–H groups in total. The highest BCUT2D eigenvalue weighted by atomic mass is 16.5. The fourth-order valence-corrected chi connectivity index (χ4v) is 7.11. The van der Waals surface area contributed by atoms with Crippen LogP contribution in [0.3, 0.4) is 0 Å². The van der Waals surface area contributed by atoms with Crippen LogP contribution in [0.2, 0.25) is 0 Å². The molecular weight excluding hydrogens is 664 g/mol. The minimum absolute atomic E-state index is 0.0453. The minimum Gasteiger partial charge on any atom is -0.507 e. The number of hydrogen-bond donors (Lipinski definition) is 6. The fraction of sp³-hybridized carbons (Fsp3) is 0.357. The van der Waals surface area contributed by atoms with Gasteiger partial charge in [-0.3, -0.25) is 14.4 Å². The first-order chi connectivity index (χ1) is 24.9. The zero-order chi connectivity index (χ0) is 37.4. The van der Waals surface area contributed by atoms with Gasteiger partial charge in [-0.2, -0.15) is 0 Å². The molecule has 10 heteroatoms. The van der Waals surface area contributed by atoms with Crippen LogP contribution in [-0.4, -0.2) is 55.2 Å². The second-order valence-electron chi connectivity index (χ2n) is 13.7. The summed E-state index contributed by atoms with van der Waals surface area (Å²) in [6, 6.07) is 15.2. The lowest BCUT2D eigenvalue weighted by molar-refractivity contribution is -0.137. The van der Waals surface area contributed by atoms with Crippen LogP contribution < -0.4 is 4.74 Å². The van der Waals surface area contributed by atoms with Crippen molar-refractivity contribution in [3.8, 4) is 23.0 Å². The summed E-state index contributed by atoms with van der Waals surface area (Å²) in [7, 11) is 0. The van der Waals surface area contributed by atoms with Crippen LogP contribution in [0, 0.1) is 0 Å². The smallest absolute Gasteiger partial charge is 0.307 e. The lowest BCUT2D eigenvalue weighted by Gasteiger charge is -2.21. The van der Waals surface area contributed by atoms with E-state index in [1.54, 1.807) is 36.4 Å². The van der Waals surface area contributed by atoms with Crippen molar-refractivity contribution in [1.82, 2.24) is 0 Å². The van der Waals surface area contributed by atoms with Crippen LogP contribution in [0.1, 0.15) is 107 Å². The lowest BCUT2D eigenvalue weighted by atomic mass is 9.88. The molecule has 1 aliphatic rings. The number of rotatable bonds is 14. The van der Waals surface area contributed by atoms with Gasteiger partial charge in [0.2, 0.25) is 0 Å². The molecule has 0 aliphatic heterocycles. The largest absolute Gasteiger partial charge is 0.507 e. The second kappa shape index (κ2) is 17.1. The number of benzene rings is 4. The molecule has 10 nitrogen and oxygen atoms in total. The van der Waals surface area contributed by atoms with Gasteiger partial charge in [0.25, 0.3) is 0 Å². The Bertz CT molecular complexity index is 1840. The normalized spacial score (nSPS) is 12.3. The third-order valence-electron chi connectivity index (χ3n) is 9.49. The van der Waals surface area contributed by atoms with E-state index in [1.807, 2.05) is 18.2 Å². The van der Waals surface area contributed by atoms with Gasteiger partial charge in [-0.05, 0) is 67.6 Å². The first kappa shape index (κ1) is 37.7. The van der Waals surface area contributed by atoms with E-state index in [4.69, 9.17) is 4.74 Å². The number of carbonyl (C=O) groups is 3. The second-order valence-corrected chi connectivity index (χ2v) is 13.7. The molecule has 5 rings (SSSR count). The zero-order valence-corrected chi connectivity index (χ0v) is 29.4. The summed E-state index contributed by atoms with van der Waals surface area (Å²) in [4.78, 5) is 35.5. The van der Waals surface area contributed by atoms with E-state index in [9.17, 15) is 45.0 Å². The predicted molar refractivity (Wildman–Crippen MR) is 195 cm³/mol. The van der Waals surface area contributed by atoms with Gasteiger partial charge >= 0.3 is 17.9 Å². The van der Waals surface area contributed by atoms with Gasteiger partial charge in [0.1, 0.15) is 23.0 Å². The van der Waals surface area contributed by atoms with Crippen LogP contribution in [0.15, 0.2) is 54.6 Å². The highest BCUT2D eigenvalue weighted by molar-refractivity contribution is 5.72. The van der Waals surface area contributed by atoms with Gasteiger partial charge in [-0.25, -0.2) is 0 Å². The molecular formula is C42H46O10. The minimum atomic E-state index is -1.09. The molecule has 274 valence electrons. The Labute approximate surface area is 303 Å². The molecule has 52 heavy (non-hydrogen) atoms. The summed E-state index contributed by atoms with van der Waals surface area (Å²) in [5, 5.41) is 64.0. The summed E-state index contributed by atoms with van der Waals surface area (Å²) in [5.74, 6) is -2.93. The number of para-hydroxylation sites is 1. The molecule has 8 bridgehead atoms. The van der Waals surface area contributed by atoms with E-state index in [0.29, 0.717) is 62.4 Å². The van der Waals surface area contributed by atoms with E-state index in [0.717, 1.165) is 43.2 Å². The Morgan fingerprint density at radius 1 is 0.519 bits per heavy atom. The molecule has 0 saturated heterocycles. The first-order valence-electron chi connectivity index (χ1n) is 17.8. The molecule has 0 amide bonds. The quantitative estimate of drug-likeness (QED) is 0.0651. The van der Waals surface area contributed by atoms with Gasteiger partial charge in [0, 0.05) is 25.7 Å². The summed E-state index contributed by atoms with van der Waals surface area (Å²) < 4.78 is 6.50. The highest BCUT2D eigenvalue weighted by Crippen LogP contribution is 2.39. The van der Waals surface area contributed by atoms with Gasteiger partial charge in [0.15, 0.2) is 0 Å². The van der Waals surface area contributed by atoms with Crippen LogP contribution in [-0.2, 0) is 59.3 Å². The number of fused-ring (bicyclic) bond motifs is 8. The summed E-state index contributed by atoms with van der Waals surface area (Å²) >= 11 is 0. The van der Waals surface area contributed by atoms with Crippen molar-refractivity contribution in [2.75, 3.05) is 6.61 Å². The molecule has 0 aromatic heterocycles. The van der Waals surface area contributed by atoms with Crippen molar-refractivity contribution < 1.29 is 49.8 Å². The number of phenolic OH excluding ortho intramolecular Hbond substituents is 3. The van der Waals surface area contributed by atoms with Crippen LogP contribution in [0.4, 0.5) is 0 Å². The van der Waals surface area contributed by atoms with E-state index < -0.39 is 17.9 Å². The Morgan fingerprint density at radius 3 is 1.19 bits per heavy atom. The molecule has 0 spiro atoms. The maximum atomic E-state index is 11.8. The Hall–Kier alpha value is -5.51. The summed E-state index contributed by atoms with van der Waals surface area (Å²) in [5.41, 5.74) is 4.99. The molecule has 4 aromatic carbocycles. The average molecular weight is 711 g/mol. The lowest BCUT2D eigenvalue weighted by Crippen LogP contribution is -2.08. The molecule has 0 atom stereocenters. The third-order valence-corrected chi connectivity index (χ3v) is 9.49. The van der Waals surface area contributed by atoms with Crippen LogP contribution in [0.25, 0.3) is 0 Å². The van der Waals surface area contributed by atoms with Crippen LogP contribution >= 0.6 is 0 Å². The van der Waals surface area contributed by atoms with Crippen molar-refractivity contribution in [3.05, 3.63) is 116 Å². The maximum Gasteiger partial charge on any atom is 0.307 e. The Balaban J connectivity index is 1.70. The fourth-order valence-electron chi connectivity index (χ4n) is 7.11. The summed E-state index contributed by atoms with van der Waals surface area (Å²) in [6.45, 7) is 2.61. The monoisotopic (exact) mass is 710 g/mol. The third kappa shape index (κ3) is 9.63. The van der Waals surface area contributed by atoms with Crippen LogP contribution in [0.5, 0.6) is 23.0 Å².